The van der Waals surface area contributed by atoms with Crippen LogP contribution in [0.3, 0.4) is 0 Å². The van der Waals surface area contributed by atoms with Gasteiger partial charge in [-0.1, -0.05) is 0 Å². The van der Waals surface area contributed by atoms with Crippen molar-refractivity contribution < 1.29 is 4.39 Å². The molecule has 4 aromatic heterocycles. The number of hydrogen-bond acceptors (Lipinski definition) is 7. The zero-order valence-corrected chi connectivity index (χ0v) is 20.0. The van der Waals surface area contributed by atoms with Gasteiger partial charge in [0.25, 0.3) is 5.56 Å². The molecule has 0 radical (unpaired) electrons. The Morgan fingerprint density at radius 1 is 1.11 bits per heavy atom. The lowest BCUT2D eigenvalue weighted by Crippen LogP contribution is -2.30. The van der Waals surface area contributed by atoms with Crippen LogP contribution in [0, 0.1) is 5.82 Å². The van der Waals surface area contributed by atoms with Gasteiger partial charge in [-0.2, -0.15) is 5.10 Å². The summed E-state index contributed by atoms with van der Waals surface area (Å²) in [6.45, 7) is 3.55. The van der Waals surface area contributed by atoms with E-state index in [1.165, 1.54) is 0 Å². The maximum absolute atomic E-state index is 15.6. The highest BCUT2D eigenvalue weighted by molar-refractivity contribution is 5.97. The molecule has 1 aromatic carbocycles. The van der Waals surface area contributed by atoms with E-state index in [4.69, 9.17) is 0 Å². The van der Waals surface area contributed by atoms with E-state index in [9.17, 15) is 4.79 Å². The number of hydrogen-bond donors (Lipinski definition) is 3. The van der Waals surface area contributed by atoms with Crippen LogP contribution in [0.25, 0.3) is 33.5 Å². The van der Waals surface area contributed by atoms with Crippen LogP contribution in [-0.2, 0) is 7.05 Å². The fourth-order valence-corrected chi connectivity index (χ4v) is 4.89. The molecular formula is C25H26FN9O. The standard InChI is InChI=1S/C25H26FN9O/c1-14(23-27-9-6-10-28-23)29-22-18(25(36)31-16-13-34(2)33-21(16)22)24-30-15-7-8-17(19(26)20(15)32-24)35-11-4-3-5-12-35/h6-10,13-14,29H,3-5,11-12H2,1-2H3,(H,30,32)(H,31,36)/t14-/m1/s1. The van der Waals surface area contributed by atoms with Crippen LogP contribution in [0.1, 0.15) is 38.1 Å². The van der Waals surface area contributed by atoms with Gasteiger partial charge in [-0.05, 0) is 44.4 Å². The molecule has 1 saturated heterocycles. The zero-order chi connectivity index (χ0) is 24.8. The smallest absolute Gasteiger partial charge is 0.261 e. The summed E-state index contributed by atoms with van der Waals surface area (Å²) in [6.07, 6.45) is 8.32. The summed E-state index contributed by atoms with van der Waals surface area (Å²) in [5.41, 5.74) is 2.78. The number of aromatic nitrogens is 7. The largest absolute Gasteiger partial charge is 0.373 e. The van der Waals surface area contributed by atoms with Gasteiger partial charge >= 0.3 is 0 Å². The molecular weight excluding hydrogens is 461 g/mol. The molecule has 1 fully saturated rings. The van der Waals surface area contributed by atoms with E-state index in [-0.39, 0.29) is 34.3 Å². The number of anilines is 2. The molecule has 1 aliphatic rings. The van der Waals surface area contributed by atoms with Crippen molar-refractivity contribution in [3.05, 3.63) is 58.8 Å². The summed E-state index contributed by atoms with van der Waals surface area (Å²) in [5.74, 6) is 0.468. The lowest BCUT2D eigenvalue weighted by atomic mass is 10.1. The monoisotopic (exact) mass is 487 g/mol. The molecule has 0 saturated carbocycles. The van der Waals surface area contributed by atoms with Gasteiger partial charge in [-0.25, -0.2) is 19.3 Å². The van der Waals surface area contributed by atoms with E-state index in [0.717, 1.165) is 32.4 Å². The minimum atomic E-state index is -0.366. The number of imidazole rings is 1. The molecule has 10 nitrogen and oxygen atoms in total. The second-order valence-electron chi connectivity index (χ2n) is 9.17. The maximum atomic E-state index is 15.6. The average molecular weight is 488 g/mol. The van der Waals surface area contributed by atoms with Crippen molar-refractivity contribution in [1.82, 2.24) is 34.7 Å². The number of aromatic amines is 2. The van der Waals surface area contributed by atoms with Crippen molar-refractivity contribution >= 4 is 33.4 Å². The van der Waals surface area contributed by atoms with Crippen molar-refractivity contribution in [3.8, 4) is 11.4 Å². The molecule has 11 heteroatoms. The van der Waals surface area contributed by atoms with Crippen LogP contribution in [0.5, 0.6) is 0 Å². The number of pyridine rings is 1. The van der Waals surface area contributed by atoms with E-state index >= 15 is 4.39 Å². The van der Waals surface area contributed by atoms with Crippen LogP contribution in [0.2, 0.25) is 0 Å². The number of H-pyrrole nitrogens is 2. The van der Waals surface area contributed by atoms with Gasteiger partial charge in [0.1, 0.15) is 28.2 Å². The third-order valence-electron chi connectivity index (χ3n) is 6.63. The van der Waals surface area contributed by atoms with Crippen LogP contribution >= 0.6 is 0 Å². The molecule has 0 unspecified atom stereocenters. The fourth-order valence-electron chi connectivity index (χ4n) is 4.89. The number of fused-ring (bicyclic) bond motifs is 2. The molecule has 0 bridgehead atoms. The topological polar surface area (TPSA) is 120 Å². The SMILES string of the molecule is C[C@@H](Nc1c(-c2nc3ccc(N4CCCCC4)c(F)c3[nH]2)c(=O)[nH]c2cn(C)nc12)c1ncccn1. The van der Waals surface area contributed by atoms with Gasteiger partial charge in [-0.3, -0.25) is 9.48 Å². The molecule has 0 spiro atoms. The average Bonchev–Trinajstić information content (AvgIpc) is 3.48. The molecule has 1 aliphatic heterocycles. The number of piperidine rings is 1. The molecule has 6 rings (SSSR count). The minimum absolute atomic E-state index is 0.249. The second-order valence-corrected chi connectivity index (χ2v) is 9.17. The molecule has 5 heterocycles. The Bertz CT molecular complexity index is 1620. The fraction of sp³-hybridized carbons (Fsp3) is 0.320. The first kappa shape index (κ1) is 22.2. The summed E-state index contributed by atoms with van der Waals surface area (Å²) in [6, 6.07) is 4.98. The Morgan fingerprint density at radius 2 is 1.89 bits per heavy atom. The Balaban J connectivity index is 1.50. The summed E-state index contributed by atoms with van der Waals surface area (Å²) in [4.78, 5) is 34.6. The van der Waals surface area contributed by atoms with Crippen molar-refractivity contribution in [3.63, 3.8) is 0 Å². The molecule has 1 atom stereocenters. The second kappa shape index (κ2) is 8.74. The number of halogens is 1. The number of nitrogens with one attached hydrogen (secondary N) is 3. The quantitative estimate of drug-likeness (QED) is 0.344. The van der Waals surface area contributed by atoms with Gasteiger partial charge in [0.05, 0.1) is 28.5 Å². The summed E-state index contributed by atoms with van der Waals surface area (Å²) >= 11 is 0. The Hall–Kier alpha value is -4.28. The number of aryl methyl sites for hydroxylation is 1. The molecule has 0 amide bonds. The van der Waals surface area contributed by atoms with Gasteiger partial charge in [-0.15, -0.1) is 0 Å². The maximum Gasteiger partial charge on any atom is 0.261 e. The predicted octanol–water partition coefficient (Wildman–Crippen LogP) is 3.90. The van der Waals surface area contributed by atoms with Crippen LogP contribution in [0.4, 0.5) is 15.8 Å². The minimum Gasteiger partial charge on any atom is -0.373 e. The Labute approximate surface area is 205 Å². The normalized spacial score (nSPS) is 15.0. The van der Waals surface area contributed by atoms with Crippen molar-refractivity contribution in [2.45, 2.75) is 32.2 Å². The third-order valence-corrected chi connectivity index (χ3v) is 6.63. The highest BCUT2D eigenvalue weighted by atomic mass is 19.1. The third kappa shape index (κ3) is 3.76. The summed E-state index contributed by atoms with van der Waals surface area (Å²) < 4.78 is 17.3. The lowest BCUT2D eigenvalue weighted by Gasteiger charge is -2.29. The van der Waals surface area contributed by atoms with Gasteiger partial charge in [0.15, 0.2) is 5.82 Å². The Kier molecular flexibility index (Phi) is 5.39. The molecule has 0 aliphatic carbocycles. The first-order valence-electron chi connectivity index (χ1n) is 12.1. The van der Waals surface area contributed by atoms with Crippen molar-refractivity contribution in [1.29, 1.82) is 0 Å². The van der Waals surface area contributed by atoms with E-state index in [0.29, 0.717) is 33.7 Å². The first-order valence-corrected chi connectivity index (χ1v) is 12.1. The van der Waals surface area contributed by atoms with Crippen molar-refractivity contribution in [2.24, 2.45) is 7.05 Å². The number of rotatable bonds is 5. The zero-order valence-electron chi connectivity index (χ0n) is 20.0. The summed E-state index contributed by atoms with van der Waals surface area (Å²) in [7, 11) is 1.78. The van der Waals surface area contributed by atoms with E-state index < -0.39 is 0 Å². The molecule has 184 valence electrons. The van der Waals surface area contributed by atoms with E-state index in [1.807, 2.05) is 6.92 Å². The van der Waals surface area contributed by atoms with E-state index in [1.54, 1.807) is 48.5 Å². The molecule has 5 aromatic rings. The number of nitrogens with zero attached hydrogens (tertiary/aromatic N) is 6. The number of benzene rings is 1. The highest BCUT2D eigenvalue weighted by Gasteiger charge is 2.24. The van der Waals surface area contributed by atoms with Gasteiger partial charge in [0, 0.05) is 38.7 Å². The van der Waals surface area contributed by atoms with Gasteiger partial charge < -0.3 is 20.2 Å². The molecule has 36 heavy (non-hydrogen) atoms. The predicted molar refractivity (Wildman–Crippen MR) is 137 cm³/mol. The Morgan fingerprint density at radius 3 is 2.67 bits per heavy atom. The molecule has 3 N–H and O–H groups in total. The van der Waals surface area contributed by atoms with Gasteiger partial charge in [0.2, 0.25) is 0 Å². The first-order chi connectivity index (χ1) is 17.5. The van der Waals surface area contributed by atoms with Crippen LogP contribution in [-0.4, -0.2) is 47.8 Å². The van der Waals surface area contributed by atoms with Crippen LogP contribution in [0.15, 0.2) is 41.6 Å². The van der Waals surface area contributed by atoms with Crippen molar-refractivity contribution in [2.75, 3.05) is 23.3 Å². The highest BCUT2D eigenvalue weighted by Crippen LogP contribution is 2.34. The van der Waals surface area contributed by atoms with E-state index in [2.05, 4.69) is 40.2 Å². The van der Waals surface area contributed by atoms with Crippen LogP contribution < -0.4 is 15.8 Å². The summed E-state index contributed by atoms with van der Waals surface area (Å²) in [5, 5.41) is 7.92. The lowest BCUT2D eigenvalue weighted by molar-refractivity contribution is 0.559.